The third-order valence-electron chi connectivity index (χ3n) is 3.41. The molecule has 118 valence electrons. The summed E-state index contributed by atoms with van der Waals surface area (Å²) in [7, 11) is 0. The van der Waals surface area contributed by atoms with Crippen LogP contribution in [0.3, 0.4) is 0 Å². The third-order valence-corrected chi connectivity index (χ3v) is 5.84. The van der Waals surface area contributed by atoms with Gasteiger partial charge in [-0.1, -0.05) is 77.2 Å². The van der Waals surface area contributed by atoms with Gasteiger partial charge in [-0.25, -0.2) is 0 Å². The molecule has 1 heterocycles. The summed E-state index contributed by atoms with van der Waals surface area (Å²) in [6, 6.07) is 16.2. The van der Waals surface area contributed by atoms with Gasteiger partial charge >= 0.3 is 0 Å². The number of thioether (sulfide) groups is 1. The van der Waals surface area contributed by atoms with E-state index >= 15 is 0 Å². The van der Waals surface area contributed by atoms with Crippen molar-refractivity contribution < 1.29 is 0 Å². The van der Waals surface area contributed by atoms with E-state index in [1.165, 1.54) is 11.1 Å². The van der Waals surface area contributed by atoms with Crippen LogP contribution in [-0.4, -0.2) is 10.2 Å². The summed E-state index contributed by atoms with van der Waals surface area (Å²) in [5, 5.41) is 13.3. The predicted molar refractivity (Wildman–Crippen MR) is 99.4 cm³/mol. The minimum absolute atomic E-state index is 0.650. The normalized spacial score (nSPS) is 10.7. The molecular formula is C17H16ClN3S2. The summed E-state index contributed by atoms with van der Waals surface area (Å²) in [6.45, 7) is 2.78. The molecule has 0 radical (unpaired) electrons. The number of hydrogen-bond acceptors (Lipinski definition) is 5. The van der Waals surface area contributed by atoms with E-state index in [-0.39, 0.29) is 0 Å². The lowest BCUT2D eigenvalue weighted by atomic mass is 10.1. The molecule has 0 spiro atoms. The minimum Gasteiger partial charge on any atom is -0.356 e. The largest absolute Gasteiger partial charge is 0.356 e. The topological polar surface area (TPSA) is 37.8 Å². The smallest absolute Gasteiger partial charge is 0.206 e. The van der Waals surface area contributed by atoms with Gasteiger partial charge in [0.15, 0.2) is 4.34 Å². The first-order valence-corrected chi connectivity index (χ1v) is 9.38. The van der Waals surface area contributed by atoms with Gasteiger partial charge in [-0.05, 0) is 29.7 Å². The van der Waals surface area contributed by atoms with Crippen molar-refractivity contribution in [2.24, 2.45) is 0 Å². The molecule has 3 aromatic rings. The zero-order valence-electron chi connectivity index (χ0n) is 12.6. The number of nitrogens with zero attached hydrogens (tertiary/aromatic N) is 2. The molecular weight excluding hydrogens is 346 g/mol. The highest BCUT2D eigenvalue weighted by molar-refractivity contribution is 8.00. The lowest BCUT2D eigenvalue weighted by molar-refractivity contribution is 0.995. The fourth-order valence-corrected chi connectivity index (χ4v) is 4.09. The molecule has 0 unspecified atom stereocenters. The molecule has 0 aliphatic carbocycles. The predicted octanol–water partition coefficient (Wildman–Crippen LogP) is 5.40. The number of halogens is 1. The van der Waals surface area contributed by atoms with Crippen LogP contribution in [-0.2, 0) is 12.3 Å². The number of aromatic nitrogens is 2. The monoisotopic (exact) mass is 361 g/mol. The average Bonchev–Trinajstić information content (AvgIpc) is 3.01. The van der Waals surface area contributed by atoms with Gasteiger partial charge in [0.1, 0.15) is 0 Å². The van der Waals surface area contributed by atoms with Crippen LogP contribution in [0.15, 0.2) is 52.9 Å². The van der Waals surface area contributed by atoms with Gasteiger partial charge in [-0.2, -0.15) is 0 Å². The van der Waals surface area contributed by atoms with Crippen molar-refractivity contribution in [2.75, 3.05) is 5.32 Å². The van der Waals surface area contributed by atoms with E-state index in [0.29, 0.717) is 6.54 Å². The first-order valence-electron chi connectivity index (χ1n) is 7.20. The molecule has 3 rings (SSSR count). The lowest BCUT2D eigenvalue weighted by Gasteiger charge is -2.04. The highest BCUT2D eigenvalue weighted by atomic mass is 35.5. The summed E-state index contributed by atoms with van der Waals surface area (Å²) in [5.41, 5.74) is 3.69. The highest BCUT2D eigenvalue weighted by Gasteiger charge is 2.07. The summed E-state index contributed by atoms with van der Waals surface area (Å²) in [5.74, 6) is 0.909. The Bertz CT molecular complexity index is 725. The zero-order chi connectivity index (χ0) is 16.1. The number of aryl methyl sites for hydroxylation is 1. The summed E-state index contributed by atoms with van der Waals surface area (Å²) >= 11 is 9.43. The maximum absolute atomic E-state index is 6.15. The lowest BCUT2D eigenvalue weighted by Crippen LogP contribution is -1.99. The Hall–Kier alpha value is -1.56. The second-order valence-corrected chi connectivity index (χ2v) is 7.64. The van der Waals surface area contributed by atoms with E-state index in [0.717, 1.165) is 25.8 Å². The first kappa shape index (κ1) is 16.3. The van der Waals surface area contributed by atoms with Gasteiger partial charge in [0.2, 0.25) is 5.13 Å². The molecule has 0 amide bonds. The standard InChI is InChI=1S/C17H16ClN3S2/c1-12-6-2-3-8-14(12)11-22-17-21-20-16(23-17)19-10-13-7-4-5-9-15(13)18/h2-9H,10-11H2,1H3,(H,19,20). The van der Waals surface area contributed by atoms with Crippen molar-refractivity contribution in [3.63, 3.8) is 0 Å². The Morgan fingerprint density at radius 2 is 1.78 bits per heavy atom. The van der Waals surface area contributed by atoms with Gasteiger partial charge in [0.05, 0.1) is 0 Å². The fraction of sp³-hybridized carbons (Fsp3) is 0.176. The van der Waals surface area contributed by atoms with Crippen LogP contribution in [0, 0.1) is 6.92 Å². The number of rotatable bonds is 6. The van der Waals surface area contributed by atoms with Crippen molar-refractivity contribution >= 4 is 39.8 Å². The van der Waals surface area contributed by atoms with Crippen LogP contribution < -0.4 is 5.32 Å². The van der Waals surface area contributed by atoms with E-state index in [1.54, 1.807) is 23.1 Å². The van der Waals surface area contributed by atoms with Crippen LogP contribution in [0.2, 0.25) is 5.02 Å². The molecule has 3 nitrogen and oxygen atoms in total. The zero-order valence-corrected chi connectivity index (χ0v) is 15.0. The molecule has 0 aliphatic heterocycles. The van der Waals surface area contributed by atoms with E-state index in [1.807, 2.05) is 24.3 Å². The van der Waals surface area contributed by atoms with Crippen LogP contribution >= 0.6 is 34.7 Å². The summed E-state index contributed by atoms with van der Waals surface area (Å²) < 4.78 is 0.968. The van der Waals surface area contributed by atoms with Gasteiger partial charge in [0.25, 0.3) is 0 Å². The molecule has 2 aromatic carbocycles. The Kier molecular flexibility index (Phi) is 5.54. The Morgan fingerprint density at radius 1 is 1.04 bits per heavy atom. The molecule has 0 saturated heterocycles. The second-order valence-electron chi connectivity index (χ2n) is 5.03. The summed E-state index contributed by atoms with van der Waals surface area (Å²) in [4.78, 5) is 0. The molecule has 1 aromatic heterocycles. The number of anilines is 1. The molecule has 0 fully saturated rings. The minimum atomic E-state index is 0.650. The third kappa shape index (κ3) is 4.47. The molecule has 1 N–H and O–H groups in total. The van der Waals surface area contributed by atoms with Crippen molar-refractivity contribution in [1.29, 1.82) is 0 Å². The van der Waals surface area contributed by atoms with Crippen LogP contribution in [0.5, 0.6) is 0 Å². The van der Waals surface area contributed by atoms with Gasteiger partial charge in [-0.15, -0.1) is 10.2 Å². The average molecular weight is 362 g/mol. The Labute approximate surface area is 149 Å². The van der Waals surface area contributed by atoms with Crippen molar-refractivity contribution in [3.05, 3.63) is 70.2 Å². The number of benzene rings is 2. The molecule has 0 saturated carbocycles. The number of nitrogens with one attached hydrogen (secondary N) is 1. The maximum atomic E-state index is 6.15. The van der Waals surface area contributed by atoms with E-state index in [9.17, 15) is 0 Å². The van der Waals surface area contributed by atoms with Crippen molar-refractivity contribution in [3.8, 4) is 0 Å². The molecule has 23 heavy (non-hydrogen) atoms. The second kappa shape index (κ2) is 7.81. The van der Waals surface area contributed by atoms with E-state index in [4.69, 9.17) is 11.6 Å². The Balaban J connectivity index is 1.56. The van der Waals surface area contributed by atoms with Gasteiger partial charge in [0, 0.05) is 17.3 Å². The highest BCUT2D eigenvalue weighted by Crippen LogP contribution is 2.29. The Morgan fingerprint density at radius 3 is 2.57 bits per heavy atom. The quantitative estimate of drug-likeness (QED) is 0.596. The maximum Gasteiger partial charge on any atom is 0.206 e. The van der Waals surface area contributed by atoms with Gasteiger partial charge in [-0.3, -0.25) is 0 Å². The van der Waals surface area contributed by atoms with Crippen LogP contribution in [0.1, 0.15) is 16.7 Å². The van der Waals surface area contributed by atoms with Crippen LogP contribution in [0.25, 0.3) is 0 Å². The van der Waals surface area contributed by atoms with Crippen LogP contribution in [0.4, 0.5) is 5.13 Å². The van der Waals surface area contributed by atoms with E-state index in [2.05, 4.69) is 46.7 Å². The SMILES string of the molecule is Cc1ccccc1CSc1nnc(NCc2ccccc2Cl)s1. The first-order chi connectivity index (χ1) is 11.2. The fourth-order valence-electron chi connectivity index (χ4n) is 2.06. The summed E-state index contributed by atoms with van der Waals surface area (Å²) in [6.07, 6.45) is 0. The van der Waals surface area contributed by atoms with E-state index < -0.39 is 0 Å². The number of hydrogen-bond donors (Lipinski definition) is 1. The molecule has 6 heteroatoms. The van der Waals surface area contributed by atoms with Crippen molar-refractivity contribution in [1.82, 2.24) is 10.2 Å². The molecule has 0 aliphatic rings. The van der Waals surface area contributed by atoms with Gasteiger partial charge < -0.3 is 5.32 Å². The molecule has 0 bridgehead atoms. The van der Waals surface area contributed by atoms with Crippen molar-refractivity contribution in [2.45, 2.75) is 23.6 Å². The molecule has 0 atom stereocenters.